The molecule has 1 atom stereocenters. The Hall–Kier alpha value is -0.220. The predicted molar refractivity (Wildman–Crippen MR) is 89.4 cm³/mol. The van der Waals surface area contributed by atoms with Crippen LogP contribution in [0.15, 0.2) is 0 Å². The number of carbonyl (C=O) groups is 1. The van der Waals surface area contributed by atoms with Gasteiger partial charge in [-0.25, -0.2) is 0 Å². The Morgan fingerprint density at radius 3 is 2.30 bits per heavy atom. The van der Waals surface area contributed by atoms with Crippen molar-refractivity contribution in [2.75, 3.05) is 25.2 Å². The summed E-state index contributed by atoms with van der Waals surface area (Å²) < 4.78 is 4.93. The van der Waals surface area contributed by atoms with E-state index in [0.717, 1.165) is 25.8 Å². The van der Waals surface area contributed by atoms with Crippen LogP contribution in [0.4, 0.5) is 0 Å². The monoisotopic (exact) mass is 303 g/mol. The number of carbonyl (C=O) groups excluding carboxylic acids is 1. The largest absolute Gasteiger partial charge is 0.468 e. The highest BCUT2D eigenvalue weighted by Crippen LogP contribution is 2.18. The molecule has 1 N–H and O–H groups in total. The zero-order chi connectivity index (χ0) is 15.3. The van der Waals surface area contributed by atoms with Crippen molar-refractivity contribution in [2.24, 2.45) is 0 Å². The van der Waals surface area contributed by atoms with E-state index in [0.29, 0.717) is 0 Å². The van der Waals surface area contributed by atoms with Gasteiger partial charge in [-0.3, -0.25) is 4.79 Å². The smallest absolute Gasteiger partial charge is 0.325 e. The third-order valence-electron chi connectivity index (χ3n) is 3.51. The molecule has 0 saturated carbocycles. The van der Waals surface area contributed by atoms with Gasteiger partial charge in [-0.2, -0.15) is 11.8 Å². The SMILES string of the molecule is CCCCCSCCCCC(C)(NCCC)C(=O)OC. The number of unbranched alkanes of at least 4 members (excludes halogenated alkanes) is 3. The minimum Gasteiger partial charge on any atom is -0.468 e. The first-order chi connectivity index (χ1) is 9.60. The van der Waals surface area contributed by atoms with Gasteiger partial charge in [0.05, 0.1) is 7.11 Å². The van der Waals surface area contributed by atoms with E-state index in [4.69, 9.17) is 4.74 Å². The predicted octanol–water partition coefficient (Wildman–Crippen LogP) is 4.01. The van der Waals surface area contributed by atoms with E-state index in [-0.39, 0.29) is 5.97 Å². The number of thioether (sulfide) groups is 1. The first kappa shape index (κ1) is 19.8. The molecule has 0 fully saturated rings. The highest BCUT2D eigenvalue weighted by Gasteiger charge is 2.32. The summed E-state index contributed by atoms with van der Waals surface area (Å²) >= 11 is 2.04. The van der Waals surface area contributed by atoms with Crippen LogP contribution < -0.4 is 5.32 Å². The van der Waals surface area contributed by atoms with Gasteiger partial charge < -0.3 is 10.1 Å². The fourth-order valence-electron chi connectivity index (χ4n) is 2.13. The second-order valence-electron chi connectivity index (χ2n) is 5.53. The number of methoxy groups -OCH3 is 1. The van der Waals surface area contributed by atoms with Crippen LogP contribution in [0.3, 0.4) is 0 Å². The second kappa shape index (κ2) is 12.5. The molecule has 0 aliphatic heterocycles. The third-order valence-corrected chi connectivity index (χ3v) is 4.66. The van der Waals surface area contributed by atoms with Gasteiger partial charge in [0, 0.05) is 0 Å². The Kier molecular flexibility index (Phi) is 12.4. The van der Waals surface area contributed by atoms with E-state index in [1.54, 1.807) is 0 Å². The van der Waals surface area contributed by atoms with E-state index in [9.17, 15) is 4.79 Å². The van der Waals surface area contributed by atoms with Crippen molar-refractivity contribution in [3.05, 3.63) is 0 Å². The topological polar surface area (TPSA) is 38.3 Å². The number of esters is 1. The molecule has 0 aliphatic rings. The van der Waals surface area contributed by atoms with E-state index in [1.807, 2.05) is 18.7 Å². The molecule has 120 valence electrons. The van der Waals surface area contributed by atoms with Crippen molar-refractivity contribution in [1.29, 1.82) is 0 Å². The molecular weight excluding hydrogens is 270 g/mol. The molecule has 0 rings (SSSR count). The van der Waals surface area contributed by atoms with E-state index in [1.165, 1.54) is 44.3 Å². The summed E-state index contributed by atoms with van der Waals surface area (Å²) in [6.45, 7) is 7.17. The molecule has 0 aromatic rings. The molecule has 0 saturated heterocycles. The van der Waals surface area contributed by atoms with Crippen LogP contribution in [-0.2, 0) is 9.53 Å². The molecule has 0 heterocycles. The lowest BCUT2D eigenvalue weighted by Gasteiger charge is -2.28. The Morgan fingerprint density at radius 2 is 1.75 bits per heavy atom. The molecule has 0 bridgehead atoms. The molecule has 0 spiro atoms. The lowest BCUT2D eigenvalue weighted by Crippen LogP contribution is -2.50. The Balaban J connectivity index is 3.82. The van der Waals surface area contributed by atoms with Crippen molar-refractivity contribution in [1.82, 2.24) is 5.32 Å². The number of ether oxygens (including phenoxy) is 1. The van der Waals surface area contributed by atoms with Gasteiger partial charge in [0.1, 0.15) is 5.54 Å². The summed E-state index contributed by atoms with van der Waals surface area (Å²) in [5, 5.41) is 3.33. The fraction of sp³-hybridized carbons (Fsp3) is 0.938. The van der Waals surface area contributed by atoms with Gasteiger partial charge in [0.25, 0.3) is 0 Å². The van der Waals surface area contributed by atoms with Crippen LogP contribution in [0.1, 0.15) is 65.7 Å². The van der Waals surface area contributed by atoms with Crippen molar-refractivity contribution < 1.29 is 9.53 Å². The second-order valence-corrected chi connectivity index (χ2v) is 6.75. The average Bonchev–Trinajstić information content (AvgIpc) is 2.47. The summed E-state index contributed by atoms with van der Waals surface area (Å²) in [7, 11) is 1.47. The van der Waals surface area contributed by atoms with Gasteiger partial charge in [-0.1, -0.05) is 33.1 Å². The molecule has 1 unspecified atom stereocenters. The van der Waals surface area contributed by atoms with Crippen LogP contribution in [0, 0.1) is 0 Å². The molecule has 20 heavy (non-hydrogen) atoms. The summed E-state index contributed by atoms with van der Waals surface area (Å²) in [6.07, 6.45) is 8.10. The average molecular weight is 304 g/mol. The molecule has 0 aliphatic carbocycles. The van der Waals surface area contributed by atoms with Crippen molar-refractivity contribution in [2.45, 2.75) is 71.3 Å². The van der Waals surface area contributed by atoms with Crippen molar-refractivity contribution in [3.8, 4) is 0 Å². The van der Waals surface area contributed by atoms with E-state index in [2.05, 4.69) is 19.2 Å². The van der Waals surface area contributed by atoms with Crippen LogP contribution in [0.2, 0.25) is 0 Å². The maximum absolute atomic E-state index is 11.9. The minimum absolute atomic E-state index is 0.137. The van der Waals surface area contributed by atoms with Crippen LogP contribution in [-0.4, -0.2) is 36.7 Å². The Labute approximate surface area is 129 Å². The Morgan fingerprint density at radius 1 is 1.10 bits per heavy atom. The normalized spacial score (nSPS) is 14.0. The van der Waals surface area contributed by atoms with Crippen LogP contribution in [0.25, 0.3) is 0 Å². The summed E-state index contributed by atoms with van der Waals surface area (Å²) in [5.74, 6) is 2.34. The first-order valence-corrected chi connectivity index (χ1v) is 9.17. The maximum atomic E-state index is 11.9. The summed E-state index contributed by atoms with van der Waals surface area (Å²) in [6, 6.07) is 0. The summed E-state index contributed by atoms with van der Waals surface area (Å²) in [5.41, 5.74) is -0.516. The van der Waals surface area contributed by atoms with Gasteiger partial charge in [-0.15, -0.1) is 0 Å². The number of nitrogens with one attached hydrogen (secondary N) is 1. The zero-order valence-electron chi connectivity index (χ0n) is 13.8. The molecule has 0 aromatic heterocycles. The lowest BCUT2D eigenvalue weighted by atomic mass is 9.95. The van der Waals surface area contributed by atoms with Crippen LogP contribution >= 0.6 is 11.8 Å². The maximum Gasteiger partial charge on any atom is 0.325 e. The molecule has 4 heteroatoms. The minimum atomic E-state index is -0.516. The van der Waals surface area contributed by atoms with Crippen molar-refractivity contribution >= 4 is 17.7 Å². The molecular formula is C16H33NO2S. The van der Waals surface area contributed by atoms with Gasteiger partial charge in [-0.05, 0) is 50.7 Å². The Bertz CT molecular complexity index is 249. The van der Waals surface area contributed by atoms with Gasteiger partial charge in [0.15, 0.2) is 0 Å². The summed E-state index contributed by atoms with van der Waals surface area (Å²) in [4.78, 5) is 11.9. The van der Waals surface area contributed by atoms with Crippen LogP contribution in [0.5, 0.6) is 0 Å². The zero-order valence-corrected chi connectivity index (χ0v) is 14.6. The molecule has 0 radical (unpaired) electrons. The fourth-order valence-corrected chi connectivity index (χ4v) is 3.15. The number of rotatable bonds is 13. The lowest BCUT2D eigenvalue weighted by molar-refractivity contribution is -0.148. The molecule has 0 amide bonds. The standard InChI is InChI=1S/C16H33NO2S/c1-5-7-9-13-20-14-10-8-11-16(3,15(18)19-4)17-12-6-2/h17H,5-14H2,1-4H3. The number of hydrogen-bond acceptors (Lipinski definition) is 4. The highest BCUT2D eigenvalue weighted by atomic mass is 32.2. The van der Waals surface area contributed by atoms with Crippen molar-refractivity contribution in [3.63, 3.8) is 0 Å². The highest BCUT2D eigenvalue weighted by molar-refractivity contribution is 7.99. The number of hydrogen-bond donors (Lipinski definition) is 1. The van der Waals surface area contributed by atoms with E-state index >= 15 is 0 Å². The van der Waals surface area contributed by atoms with Gasteiger partial charge >= 0.3 is 5.97 Å². The molecule has 0 aromatic carbocycles. The first-order valence-electron chi connectivity index (χ1n) is 8.02. The van der Waals surface area contributed by atoms with E-state index < -0.39 is 5.54 Å². The third kappa shape index (κ3) is 8.85. The van der Waals surface area contributed by atoms with Gasteiger partial charge in [0.2, 0.25) is 0 Å². The molecule has 3 nitrogen and oxygen atoms in total. The quantitative estimate of drug-likeness (QED) is 0.412.